The lowest BCUT2D eigenvalue weighted by atomic mass is 9.46. The average molecular weight is 501 g/mol. The Labute approximate surface area is 224 Å². The summed E-state index contributed by atoms with van der Waals surface area (Å²) in [6, 6.07) is 0. The molecule has 0 aromatic rings. The minimum absolute atomic E-state index is 0. The van der Waals surface area contributed by atoms with E-state index in [1.54, 1.807) is 5.57 Å². The second-order valence-electron chi connectivity index (χ2n) is 14.6. The zero-order chi connectivity index (χ0) is 25.2. The van der Waals surface area contributed by atoms with E-state index in [4.69, 9.17) is 0 Å². The number of ketones is 1. The van der Waals surface area contributed by atoms with Crippen LogP contribution in [-0.2, 0) is 4.79 Å². The van der Waals surface area contributed by atoms with Crippen molar-refractivity contribution in [2.75, 3.05) is 0 Å². The van der Waals surface area contributed by atoms with Crippen LogP contribution in [0.5, 0.6) is 0 Å². The summed E-state index contributed by atoms with van der Waals surface area (Å²) in [6.07, 6.45) is 23.3. The predicted octanol–water partition coefficient (Wildman–Crippen LogP) is 9.36. The standard InChI is InChI=1S/C34H58O.H2O/c1-7-8-12-28(35)15-13-26-19-21-33(5)27(23-26)14-16-29-31-18-17-30(25(4)11-9-10-24(2)3)34(31,6)22-20-32(29)33;/h14,24-26,29-32H,7-13,15-23H2,1-6H3;1H2/t25-,26+,29+,30-,31+,32+,33+,34-;/m1./s1. The number of hydrogen-bond acceptors (Lipinski definition) is 1. The monoisotopic (exact) mass is 500 g/mol. The maximum Gasteiger partial charge on any atom is 0.132 e. The van der Waals surface area contributed by atoms with Crippen molar-refractivity contribution < 1.29 is 10.3 Å². The van der Waals surface area contributed by atoms with Crippen molar-refractivity contribution in [3.05, 3.63) is 11.6 Å². The maximum atomic E-state index is 12.3. The largest absolute Gasteiger partial charge is 0.412 e. The van der Waals surface area contributed by atoms with Crippen molar-refractivity contribution in [3.8, 4) is 0 Å². The van der Waals surface area contributed by atoms with Gasteiger partial charge in [-0.3, -0.25) is 4.79 Å². The fraction of sp³-hybridized carbons (Fsp3) is 0.912. The zero-order valence-electron chi connectivity index (χ0n) is 24.8. The van der Waals surface area contributed by atoms with Gasteiger partial charge in [0.05, 0.1) is 0 Å². The lowest BCUT2D eigenvalue weighted by Gasteiger charge is -2.58. The fourth-order valence-electron chi connectivity index (χ4n) is 9.87. The molecule has 0 spiro atoms. The predicted molar refractivity (Wildman–Crippen MR) is 154 cm³/mol. The van der Waals surface area contributed by atoms with Crippen molar-refractivity contribution >= 4 is 5.78 Å². The summed E-state index contributed by atoms with van der Waals surface area (Å²) in [5, 5.41) is 0. The van der Waals surface area contributed by atoms with Gasteiger partial charge in [-0.1, -0.05) is 78.9 Å². The number of hydrogen-bond donors (Lipinski definition) is 0. The average Bonchev–Trinajstić information content (AvgIpc) is 3.18. The molecule has 2 N–H and O–H groups in total. The van der Waals surface area contributed by atoms with Crippen molar-refractivity contribution in [3.63, 3.8) is 0 Å². The second kappa shape index (κ2) is 12.5. The first-order valence-corrected chi connectivity index (χ1v) is 15.9. The molecule has 208 valence electrons. The Bertz CT molecular complexity index is 752. The van der Waals surface area contributed by atoms with E-state index in [0.29, 0.717) is 16.6 Å². The highest BCUT2D eigenvalue weighted by Gasteiger charge is 2.59. The first kappa shape index (κ1) is 29.9. The van der Waals surface area contributed by atoms with Gasteiger partial charge < -0.3 is 5.48 Å². The van der Waals surface area contributed by atoms with Crippen LogP contribution in [0.2, 0.25) is 0 Å². The summed E-state index contributed by atoms with van der Waals surface area (Å²) < 4.78 is 0. The Morgan fingerprint density at radius 1 is 0.972 bits per heavy atom. The topological polar surface area (TPSA) is 48.6 Å². The number of carbonyl (C=O) groups is 1. The summed E-state index contributed by atoms with van der Waals surface area (Å²) in [5.41, 5.74) is 2.85. The molecular formula is C34H60O2. The van der Waals surface area contributed by atoms with Gasteiger partial charge in [-0.15, -0.1) is 0 Å². The lowest BCUT2D eigenvalue weighted by Crippen LogP contribution is -2.50. The molecule has 0 unspecified atom stereocenters. The normalized spacial score (nSPS) is 38.4. The Balaban J connectivity index is 0.00000361. The number of fused-ring (bicyclic) bond motifs is 5. The van der Waals surface area contributed by atoms with Crippen LogP contribution in [0.3, 0.4) is 0 Å². The molecule has 3 saturated carbocycles. The van der Waals surface area contributed by atoms with Crippen LogP contribution in [0.4, 0.5) is 0 Å². The maximum absolute atomic E-state index is 12.3. The first-order valence-electron chi connectivity index (χ1n) is 15.9. The summed E-state index contributed by atoms with van der Waals surface area (Å²) in [7, 11) is 0. The van der Waals surface area contributed by atoms with Gasteiger partial charge >= 0.3 is 0 Å². The van der Waals surface area contributed by atoms with Crippen LogP contribution >= 0.6 is 0 Å². The van der Waals surface area contributed by atoms with Gasteiger partial charge in [0.15, 0.2) is 0 Å². The van der Waals surface area contributed by atoms with E-state index in [1.165, 1.54) is 70.6 Å². The van der Waals surface area contributed by atoms with E-state index < -0.39 is 0 Å². The summed E-state index contributed by atoms with van der Waals surface area (Å²) in [6.45, 7) is 14.9. The van der Waals surface area contributed by atoms with Crippen molar-refractivity contribution in [2.45, 2.75) is 144 Å². The third kappa shape index (κ3) is 6.00. The third-order valence-electron chi connectivity index (χ3n) is 12.0. The Hall–Kier alpha value is -0.630. The van der Waals surface area contributed by atoms with Crippen LogP contribution in [0.1, 0.15) is 144 Å². The van der Waals surface area contributed by atoms with E-state index in [0.717, 1.165) is 73.5 Å². The molecule has 4 rings (SSSR count). The smallest absolute Gasteiger partial charge is 0.132 e. The van der Waals surface area contributed by atoms with E-state index in [-0.39, 0.29) is 5.48 Å². The first-order chi connectivity index (χ1) is 16.7. The van der Waals surface area contributed by atoms with Crippen LogP contribution in [0.15, 0.2) is 11.6 Å². The van der Waals surface area contributed by atoms with Gasteiger partial charge in [0.1, 0.15) is 5.78 Å². The highest BCUT2D eigenvalue weighted by atomic mass is 16.1. The highest BCUT2D eigenvalue weighted by Crippen LogP contribution is 2.67. The molecule has 0 bridgehead atoms. The molecule has 0 radical (unpaired) electrons. The minimum Gasteiger partial charge on any atom is -0.412 e. The van der Waals surface area contributed by atoms with Crippen LogP contribution in [0, 0.1) is 52.3 Å². The molecule has 4 aliphatic rings. The number of unbranched alkanes of at least 4 members (excludes halogenated alkanes) is 1. The molecule has 0 aromatic heterocycles. The van der Waals surface area contributed by atoms with Crippen LogP contribution in [0.25, 0.3) is 0 Å². The van der Waals surface area contributed by atoms with Gasteiger partial charge in [-0.25, -0.2) is 0 Å². The molecule has 0 heterocycles. The van der Waals surface area contributed by atoms with Gasteiger partial charge in [0.25, 0.3) is 0 Å². The van der Waals surface area contributed by atoms with Gasteiger partial charge in [0, 0.05) is 12.8 Å². The minimum atomic E-state index is 0. The molecule has 2 nitrogen and oxygen atoms in total. The van der Waals surface area contributed by atoms with Crippen LogP contribution < -0.4 is 0 Å². The summed E-state index contributed by atoms with van der Waals surface area (Å²) in [4.78, 5) is 12.3. The third-order valence-corrected chi connectivity index (χ3v) is 12.0. The molecule has 0 aromatic carbocycles. The molecule has 36 heavy (non-hydrogen) atoms. The number of carbonyl (C=O) groups excluding carboxylic acids is 1. The molecule has 0 saturated heterocycles. The molecular weight excluding hydrogens is 440 g/mol. The number of Topliss-reactive ketones (excluding diaryl/α,β-unsaturated/α-hetero) is 1. The van der Waals surface area contributed by atoms with E-state index in [2.05, 4.69) is 47.6 Å². The Morgan fingerprint density at radius 3 is 2.47 bits per heavy atom. The van der Waals surface area contributed by atoms with Crippen molar-refractivity contribution in [1.29, 1.82) is 0 Å². The number of rotatable bonds is 11. The van der Waals surface area contributed by atoms with Crippen molar-refractivity contribution in [2.24, 2.45) is 52.3 Å². The molecule has 0 aliphatic heterocycles. The molecule has 4 aliphatic carbocycles. The van der Waals surface area contributed by atoms with E-state index in [1.807, 2.05) is 0 Å². The molecule has 2 heteroatoms. The van der Waals surface area contributed by atoms with Gasteiger partial charge in [0.2, 0.25) is 0 Å². The Kier molecular flexibility index (Phi) is 10.4. The molecule has 8 atom stereocenters. The van der Waals surface area contributed by atoms with Gasteiger partial charge in [-0.2, -0.15) is 0 Å². The Morgan fingerprint density at radius 2 is 1.75 bits per heavy atom. The molecule has 0 amide bonds. The number of allylic oxidation sites excluding steroid dienone is 2. The fourth-order valence-corrected chi connectivity index (χ4v) is 9.87. The SMILES string of the molecule is CCCCC(=O)CC[C@H]1CC[C@@]2(C)C(=CC[C@H]3[C@@H]4CC[C@H]([C@H](C)CCCC(C)C)[C@@]4(C)CC[C@@H]32)C1.O. The van der Waals surface area contributed by atoms with E-state index >= 15 is 0 Å². The van der Waals surface area contributed by atoms with Gasteiger partial charge in [-0.05, 0) is 116 Å². The quantitative estimate of drug-likeness (QED) is 0.261. The zero-order valence-corrected chi connectivity index (χ0v) is 24.8. The summed E-state index contributed by atoms with van der Waals surface area (Å²) in [5.74, 6) is 6.80. The lowest BCUT2D eigenvalue weighted by molar-refractivity contribution is -0.119. The van der Waals surface area contributed by atoms with E-state index in [9.17, 15) is 4.79 Å². The summed E-state index contributed by atoms with van der Waals surface area (Å²) >= 11 is 0. The highest BCUT2D eigenvalue weighted by molar-refractivity contribution is 5.78. The second-order valence-corrected chi connectivity index (χ2v) is 14.6. The van der Waals surface area contributed by atoms with Crippen molar-refractivity contribution in [1.82, 2.24) is 0 Å². The van der Waals surface area contributed by atoms with Crippen LogP contribution in [-0.4, -0.2) is 11.3 Å². The molecule has 3 fully saturated rings.